The zero-order chi connectivity index (χ0) is 11.5. The van der Waals surface area contributed by atoms with Crippen molar-refractivity contribution in [3.63, 3.8) is 0 Å². The molecule has 16 heavy (non-hydrogen) atoms. The summed E-state index contributed by atoms with van der Waals surface area (Å²) in [7, 11) is 1.71. The highest BCUT2D eigenvalue weighted by Crippen LogP contribution is 2.02. The van der Waals surface area contributed by atoms with E-state index in [2.05, 4.69) is 15.4 Å². The maximum atomic E-state index is 11.7. The highest BCUT2D eigenvalue weighted by Gasteiger charge is 2.09. The van der Waals surface area contributed by atoms with Crippen LogP contribution in [0.5, 0.6) is 0 Å². The third-order valence-corrected chi connectivity index (χ3v) is 2.04. The standard InChI is InChI=1S/C10H10N4O2/c1-14-6-7(4-12-14)10(16)13-8-5-11-3-2-9(8)15/h2-6H,1H3,(H,11,15)(H,13,16). The highest BCUT2D eigenvalue weighted by atomic mass is 16.2. The Bertz CT molecular complexity index is 570. The second kappa shape index (κ2) is 4.01. The largest absolute Gasteiger partial charge is 0.366 e. The Morgan fingerprint density at radius 3 is 3.00 bits per heavy atom. The van der Waals surface area contributed by atoms with Crippen LogP contribution in [0.2, 0.25) is 0 Å². The molecule has 2 aromatic heterocycles. The molecule has 82 valence electrons. The van der Waals surface area contributed by atoms with Crippen molar-refractivity contribution in [1.82, 2.24) is 14.8 Å². The van der Waals surface area contributed by atoms with Crippen molar-refractivity contribution in [2.75, 3.05) is 5.32 Å². The summed E-state index contributed by atoms with van der Waals surface area (Å²) in [6.07, 6.45) is 5.96. The number of anilines is 1. The molecule has 1 amide bonds. The minimum absolute atomic E-state index is 0.219. The Balaban J connectivity index is 2.20. The van der Waals surface area contributed by atoms with Crippen molar-refractivity contribution in [2.45, 2.75) is 0 Å². The monoisotopic (exact) mass is 218 g/mol. The van der Waals surface area contributed by atoms with E-state index in [-0.39, 0.29) is 17.0 Å². The smallest absolute Gasteiger partial charge is 0.258 e. The van der Waals surface area contributed by atoms with Gasteiger partial charge in [-0.15, -0.1) is 0 Å². The van der Waals surface area contributed by atoms with Crippen LogP contribution < -0.4 is 10.7 Å². The van der Waals surface area contributed by atoms with Gasteiger partial charge in [0.25, 0.3) is 5.91 Å². The van der Waals surface area contributed by atoms with E-state index >= 15 is 0 Å². The van der Waals surface area contributed by atoms with E-state index in [0.29, 0.717) is 5.56 Å². The zero-order valence-electron chi connectivity index (χ0n) is 8.60. The molecule has 0 saturated carbocycles. The van der Waals surface area contributed by atoms with Gasteiger partial charge in [-0.25, -0.2) is 0 Å². The van der Waals surface area contributed by atoms with Gasteiger partial charge >= 0.3 is 0 Å². The van der Waals surface area contributed by atoms with Crippen LogP contribution in [0.25, 0.3) is 0 Å². The van der Waals surface area contributed by atoms with Crippen LogP contribution in [-0.4, -0.2) is 20.7 Å². The van der Waals surface area contributed by atoms with Crippen molar-refractivity contribution < 1.29 is 4.79 Å². The number of aromatic nitrogens is 3. The van der Waals surface area contributed by atoms with Gasteiger partial charge in [-0.1, -0.05) is 0 Å². The molecule has 2 rings (SSSR count). The molecule has 0 aliphatic carbocycles. The van der Waals surface area contributed by atoms with Crippen LogP contribution >= 0.6 is 0 Å². The predicted molar refractivity (Wildman–Crippen MR) is 58.2 cm³/mol. The van der Waals surface area contributed by atoms with E-state index in [1.807, 2.05) is 0 Å². The highest BCUT2D eigenvalue weighted by molar-refractivity contribution is 6.03. The van der Waals surface area contributed by atoms with Crippen LogP contribution in [0.3, 0.4) is 0 Å². The lowest BCUT2D eigenvalue weighted by atomic mass is 10.3. The maximum absolute atomic E-state index is 11.7. The normalized spacial score (nSPS) is 10.1. The molecule has 0 aliphatic rings. The first-order valence-corrected chi connectivity index (χ1v) is 4.64. The molecule has 6 heteroatoms. The van der Waals surface area contributed by atoms with E-state index in [9.17, 15) is 9.59 Å². The van der Waals surface area contributed by atoms with Crippen molar-refractivity contribution >= 4 is 11.6 Å². The summed E-state index contributed by atoms with van der Waals surface area (Å²) < 4.78 is 1.52. The van der Waals surface area contributed by atoms with Crippen molar-refractivity contribution in [3.05, 3.63) is 46.6 Å². The topological polar surface area (TPSA) is 79.8 Å². The number of hydrogen-bond acceptors (Lipinski definition) is 3. The summed E-state index contributed by atoms with van der Waals surface area (Å²) in [5.41, 5.74) is 0.387. The summed E-state index contributed by atoms with van der Waals surface area (Å²) in [6, 6.07) is 1.35. The molecule has 0 bridgehead atoms. The molecule has 2 heterocycles. The lowest BCUT2D eigenvalue weighted by molar-refractivity contribution is 0.102. The quantitative estimate of drug-likeness (QED) is 0.763. The SMILES string of the molecule is Cn1cc(C(=O)Nc2c[nH]ccc2=O)cn1. The number of H-pyrrole nitrogens is 1. The van der Waals surface area contributed by atoms with Crippen LogP contribution in [0.15, 0.2) is 35.6 Å². The molecule has 0 saturated heterocycles. The molecular weight excluding hydrogens is 208 g/mol. The second-order valence-corrected chi connectivity index (χ2v) is 3.28. The zero-order valence-corrected chi connectivity index (χ0v) is 8.60. The molecular formula is C10H10N4O2. The fourth-order valence-corrected chi connectivity index (χ4v) is 1.25. The van der Waals surface area contributed by atoms with Gasteiger partial charge in [0, 0.05) is 31.7 Å². The van der Waals surface area contributed by atoms with Gasteiger partial charge in [0.15, 0.2) is 0 Å². The minimum Gasteiger partial charge on any atom is -0.366 e. The van der Waals surface area contributed by atoms with E-state index < -0.39 is 0 Å². The number of rotatable bonds is 2. The maximum Gasteiger partial charge on any atom is 0.258 e. The number of carbonyl (C=O) groups is 1. The molecule has 0 fully saturated rings. The molecule has 0 atom stereocenters. The van der Waals surface area contributed by atoms with Gasteiger partial charge in [0.1, 0.15) is 5.69 Å². The number of amides is 1. The molecule has 0 aliphatic heterocycles. The third-order valence-electron chi connectivity index (χ3n) is 2.04. The fourth-order valence-electron chi connectivity index (χ4n) is 1.25. The van der Waals surface area contributed by atoms with Gasteiger partial charge < -0.3 is 10.3 Å². The minimum atomic E-state index is -0.357. The molecule has 2 N–H and O–H groups in total. The predicted octanol–water partition coefficient (Wildman–Crippen LogP) is 0.361. The second-order valence-electron chi connectivity index (χ2n) is 3.28. The Hall–Kier alpha value is -2.37. The Kier molecular flexibility index (Phi) is 2.55. The van der Waals surface area contributed by atoms with Gasteiger partial charge in [-0.2, -0.15) is 5.10 Å². The summed E-state index contributed by atoms with van der Waals surface area (Å²) >= 11 is 0. The van der Waals surface area contributed by atoms with Crippen molar-refractivity contribution in [2.24, 2.45) is 7.05 Å². The first-order chi connectivity index (χ1) is 7.66. The summed E-state index contributed by atoms with van der Waals surface area (Å²) in [6.45, 7) is 0. The number of pyridine rings is 1. The summed E-state index contributed by atoms with van der Waals surface area (Å²) in [5.74, 6) is -0.357. The first kappa shape index (κ1) is 10.2. The number of hydrogen-bond donors (Lipinski definition) is 2. The molecule has 0 aromatic carbocycles. The first-order valence-electron chi connectivity index (χ1n) is 4.64. The number of nitrogens with zero attached hydrogens (tertiary/aromatic N) is 2. The molecule has 6 nitrogen and oxygen atoms in total. The number of aromatic amines is 1. The van der Waals surface area contributed by atoms with Crippen molar-refractivity contribution in [3.8, 4) is 0 Å². The lowest BCUT2D eigenvalue weighted by Crippen LogP contribution is -2.17. The average Bonchev–Trinajstić information content (AvgIpc) is 2.68. The van der Waals surface area contributed by atoms with E-state index in [0.717, 1.165) is 0 Å². The molecule has 0 radical (unpaired) electrons. The van der Waals surface area contributed by atoms with Gasteiger partial charge in [-0.3, -0.25) is 14.3 Å². The Labute approximate surface area is 90.9 Å². The number of nitrogens with one attached hydrogen (secondary N) is 2. The Morgan fingerprint density at radius 2 is 2.38 bits per heavy atom. The molecule has 0 unspecified atom stereocenters. The van der Waals surface area contributed by atoms with E-state index in [4.69, 9.17) is 0 Å². The Morgan fingerprint density at radius 1 is 1.56 bits per heavy atom. The van der Waals surface area contributed by atoms with Gasteiger partial charge in [0.2, 0.25) is 5.43 Å². The van der Waals surface area contributed by atoms with E-state index in [1.54, 1.807) is 13.2 Å². The number of carbonyl (C=O) groups excluding carboxylic acids is 1. The van der Waals surface area contributed by atoms with E-state index in [1.165, 1.54) is 29.3 Å². The van der Waals surface area contributed by atoms with Crippen LogP contribution in [-0.2, 0) is 7.05 Å². The fraction of sp³-hybridized carbons (Fsp3) is 0.100. The van der Waals surface area contributed by atoms with Crippen LogP contribution in [0, 0.1) is 0 Å². The van der Waals surface area contributed by atoms with Crippen LogP contribution in [0.4, 0.5) is 5.69 Å². The summed E-state index contributed by atoms with van der Waals surface area (Å²) in [4.78, 5) is 25.7. The lowest BCUT2D eigenvalue weighted by Gasteiger charge is -2.00. The average molecular weight is 218 g/mol. The van der Waals surface area contributed by atoms with Crippen molar-refractivity contribution in [1.29, 1.82) is 0 Å². The third kappa shape index (κ3) is 2.00. The molecule has 2 aromatic rings. The molecule has 0 spiro atoms. The van der Waals surface area contributed by atoms with Crippen LogP contribution in [0.1, 0.15) is 10.4 Å². The number of aryl methyl sites for hydroxylation is 1. The van der Waals surface area contributed by atoms with Gasteiger partial charge in [0.05, 0.1) is 11.8 Å². The van der Waals surface area contributed by atoms with Gasteiger partial charge in [-0.05, 0) is 0 Å². The summed E-state index contributed by atoms with van der Waals surface area (Å²) in [5, 5.41) is 6.38.